The highest BCUT2D eigenvalue weighted by molar-refractivity contribution is 4.71. The summed E-state index contributed by atoms with van der Waals surface area (Å²) in [4.78, 5) is 12.1. The van der Waals surface area contributed by atoms with Crippen molar-refractivity contribution in [2.24, 2.45) is 11.1 Å². The lowest BCUT2D eigenvalue weighted by molar-refractivity contribution is 0.134. The summed E-state index contributed by atoms with van der Waals surface area (Å²) in [6.45, 7) is 3.48. The van der Waals surface area contributed by atoms with E-state index < -0.39 is 0 Å². The minimum Gasteiger partial charge on any atom is -0.396 e. The summed E-state index contributed by atoms with van der Waals surface area (Å²) < 4.78 is 0. The van der Waals surface area contributed by atoms with E-state index in [0.29, 0.717) is 19.1 Å². The number of piperidine rings is 1. The van der Waals surface area contributed by atoms with Crippen LogP contribution >= 0.6 is 0 Å². The van der Waals surface area contributed by atoms with Crippen LogP contribution in [0, 0.1) is 10.8 Å². The number of likely N-dealkylation sites (tertiary alicyclic amines) is 1. The molecular formula is C8H16N2O2. The Morgan fingerprint density at radius 2 is 2.08 bits per heavy atom. The molecule has 1 rings (SSSR count). The zero-order valence-electron chi connectivity index (χ0n) is 7.28. The predicted molar refractivity (Wildman–Crippen MR) is 46.9 cm³/mol. The van der Waals surface area contributed by atoms with E-state index in [1.165, 1.54) is 0 Å². The Kier molecular flexibility index (Phi) is 4.18. The minimum absolute atomic E-state index is 0.305. The molecule has 1 aliphatic rings. The fourth-order valence-electron chi connectivity index (χ4n) is 1.57. The Morgan fingerprint density at radius 3 is 2.58 bits per heavy atom. The highest BCUT2D eigenvalue weighted by atomic mass is 16.3. The maximum atomic E-state index is 9.85. The van der Waals surface area contributed by atoms with E-state index in [1.54, 1.807) is 0 Å². The molecule has 12 heavy (non-hydrogen) atoms. The molecule has 0 radical (unpaired) electrons. The predicted octanol–water partition coefficient (Wildman–Crippen LogP) is 0.457. The average molecular weight is 172 g/mol. The van der Waals surface area contributed by atoms with Gasteiger partial charge in [-0.15, -0.1) is 0 Å². The van der Waals surface area contributed by atoms with Crippen molar-refractivity contribution >= 4 is 0 Å². The van der Waals surface area contributed by atoms with Gasteiger partial charge < -0.3 is 10.0 Å². The quantitative estimate of drug-likeness (QED) is 0.627. The van der Waals surface area contributed by atoms with Crippen molar-refractivity contribution in [1.82, 2.24) is 4.90 Å². The monoisotopic (exact) mass is 172 g/mol. The van der Waals surface area contributed by atoms with Crippen molar-refractivity contribution in [2.45, 2.75) is 12.8 Å². The van der Waals surface area contributed by atoms with Gasteiger partial charge in [-0.3, -0.25) is 0 Å². The van der Waals surface area contributed by atoms with Gasteiger partial charge in [-0.2, -0.15) is 4.91 Å². The summed E-state index contributed by atoms with van der Waals surface area (Å²) in [5.41, 5.74) is 0. The van der Waals surface area contributed by atoms with Crippen molar-refractivity contribution < 1.29 is 5.11 Å². The molecule has 0 aromatic carbocycles. The normalized spacial score (nSPS) is 21.1. The van der Waals surface area contributed by atoms with E-state index in [0.717, 1.165) is 32.5 Å². The summed E-state index contributed by atoms with van der Waals surface area (Å²) in [6.07, 6.45) is 2.10. The second kappa shape index (κ2) is 5.22. The van der Waals surface area contributed by atoms with Gasteiger partial charge in [0.2, 0.25) is 0 Å². The highest BCUT2D eigenvalue weighted by Gasteiger charge is 2.17. The molecule has 0 bridgehead atoms. The van der Waals surface area contributed by atoms with Crippen LogP contribution in [0.4, 0.5) is 0 Å². The van der Waals surface area contributed by atoms with Crippen molar-refractivity contribution in [2.75, 3.05) is 32.8 Å². The van der Waals surface area contributed by atoms with Crippen LogP contribution in [-0.4, -0.2) is 42.8 Å². The first-order valence-corrected chi connectivity index (χ1v) is 4.49. The van der Waals surface area contributed by atoms with Gasteiger partial charge in [0.05, 0.1) is 6.54 Å². The molecule has 0 spiro atoms. The number of nitroso groups, excluding NO2 is 1. The van der Waals surface area contributed by atoms with Crippen LogP contribution in [0.1, 0.15) is 12.8 Å². The van der Waals surface area contributed by atoms with Crippen molar-refractivity contribution in [1.29, 1.82) is 0 Å². The summed E-state index contributed by atoms with van der Waals surface area (Å²) in [7, 11) is 0. The largest absolute Gasteiger partial charge is 0.396 e. The van der Waals surface area contributed by atoms with Gasteiger partial charge in [-0.1, -0.05) is 5.18 Å². The maximum absolute atomic E-state index is 9.85. The molecule has 0 amide bonds. The number of aliphatic hydroxyl groups is 1. The molecule has 0 unspecified atom stereocenters. The third kappa shape index (κ3) is 2.87. The van der Waals surface area contributed by atoms with E-state index in [4.69, 9.17) is 5.11 Å². The minimum atomic E-state index is 0.305. The van der Waals surface area contributed by atoms with Gasteiger partial charge in [0.25, 0.3) is 0 Å². The average Bonchev–Trinajstić information content (AvgIpc) is 2.15. The van der Waals surface area contributed by atoms with Crippen LogP contribution in [0.2, 0.25) is 0 Å². The molecule has 4 nitrogen and oxygen atoms in total. The Bertz CT molecular complexity index is 133. The van der Waals surface area contributed by atoms with E-state index >= 15 is 0 Å². The molecule has 4 heteroatoms. The summed E-state index contributed by atoms with van der Waals surface area (Å²) in [5.74, 6) is 0.477. The highest BCUT2D eigenvalue weighted by Crippen LogP contribution is 2.15. The zero-order chi connectivity index (χ0) is 8.81. The summed E-state index contributed by atoms with van der Waals surface area (Å²) in [5, 5.41) is 11.7. The van der Waals surface area contributed by atoms with Gasteiger partial charge in [-0.05, 0) is 31.8 Å². The van der Waals surface area contributed by atoms with E-state index in [1.807, 2.05) is 0 Å². The van der Waals surface area contributed by atoms with Gasteiger partial charge in [0.1, 0.15) is 0 Å². The lowest BCUT2D eigenvalue weighted by atomic mass is 9.98. The first-order valence-electron chi connectivity index (χ1n) is 4.49. The topological polar surface area (TPSA) is 52.9 Å². The first kappa shape index (κ1) is 9.61. The SMILES string of the molecule is O=NCCN1CCC(CO)CC1. The Hall–Kier alpha value is -0.480. The molecule has 1 heterocycles. The van der Waals surface area contributed by atoms with E-state index in [-0.39, 0.29) is 0 Å². The molecular weight excluding hydrogens is 156 g/mol. The Labute approximate surface area is 72.5 Å². The first-order chi connectivity index (χ1) is 5.86. The summed E-state index contributed by atoms with van der Waals surface area (Å²) >= 11 is 0. The number of rotatable bonds is 4. The van der Waals surface area contributed by atoms with Gasteiger partial charge in [0, 0.05) is 13.2 Å². The molecule has 0 aliphatic carbocycles. The third-order valence-electron chi connectivity index (χ3n) is 2.47. The van der Waals surface area contributed by atoms with E-state index in [9.17, 15) is 4.91 Å². The number of nitrogens with zero attached hydrogens (tertiary/aromatic N) is 2. The second-order valence-corrected chi connectivity index (χ2v) is 3.32. The van der Waals surface area contributed by atoms with Crippen molar-refractivity contribution in [3.63, 3.8) is 0 Å². The fourth-order valence-corrected chi connectivity index (χ4v) is 1.57. The number of aliphatic hydroxyl groups excluding tert-OH is 1. The maximum Gasteiger partial charge on any atom is 0.0938 e. The fraction of sp³-hybridized carbons (Fsp3) is 1.00. The van der Waals surface area contributed by atoms with Gasteiger partial charge in [-0.25, -0.2) is 0 Å². The molecule has 0 saturated carbocycles. The number of hydrogen-bond donors (Lipinski definition) is 1. The molecule has 70 valence electrons. The molecule has 0 aromatic heterocycles. The second-order valence-electron chi connectivity index (χ2n) is 3.32. The van der Waals surface area contributed by atoms with Gasteiger partial charge >= 0.3 is 0 Å². The lowest BCUT2D eigenvalue weighted by Gasteiger charge is -2.30. The van der Waals surface area contributed by atoms with Crippen molar-refractivity contribution in [3.8, 4) is 0 Å². The van der Waals surface area contributed by atoms with Crippen LogP contribution in [0.5, 0.6) is 0 Å². The Balaban J connectivity index is 2.12. The Morgan fingerprint density at radius 1 is 1.42 bits per heavy atom. The van der Waals surface area contributed by atoms with Crippen LogP contribution in [0.15, 0.2) is 5.18 Å². The smallest absolute Gasteiger partial charge is 0.0938 e. The van der Waals surface area contributed by atoms with Crippen LogP contribution < -0.4 is 0 Å². The zero-order valence-corrected chi connectivity index (χ0v) is 7.28. The number of hydrogen-bond acceptors (Lipinski definition) is 4. The molecule has 1 saturated heterocycles. The third-order valence-corrected chi connectivity index (χ3v) is 2.47. The lowest BCUT2D eigenvalue weighted by Crippen LogP contribution is -2.36. The van der Waals surface area contributed by atoms with Gasteiger partial charge in [0.15, 0.2) is 0 Å². The molecule has 1 aliphatic heterocycles. The molecule has 0 atom stereocenters. The van der Waals surface area contributed by atoms with Crippen molar-refractivity contribution in [3.05, 3.63) is 4.91 Å². The molecule has 1 fully saturated rings. The molecule has 0 aromatic rings. The van der Waals surface area contributed by atoms with Crippen LogP contribution in [0.25, 0.3) is 0 Å². The summed E-state index contributed by atoms with van der Waals surface area (Å²) in [6, 6.07) is 0. The van der Waals surface area contributed by atoms with Crippen LogP contribution in [-0.2, 0) is 0 Å². The van der Waals surface area contributed by atoms with E-state index in [2.05, 4.69) is 10.1 Å². The van der Waals surface area contributed by atoms with Crippen LogP contribution in [0.3, 0.4) is 0 Å². The molecule has 1 N–H and O–H groups in total. The standard InChI is InChI=1S/C8H16N2O2/c11-7-8-1-4-10(5-2-8)6-3-9-12/h8,11H,1-7H2.